The second-order valence-electron chi connectivity index (χ2n) is 6.04. The van der Waals surface area contributed by atoms with Gasteiger partial charge in [-0.1, -0.05) is 44.5 Å². The fraction of sp³-hybridized carbons (Fsp3) is 0.667. The molecule has 0 bridgehead atoms. The molecule has 2 nitrogen and oxygen atoms in total. The molecule has 2 rings (SSSR count). The molecule has 0 saturated carbocycles. The predicted octanol–water partition coefficient (Wildman–Crippen LogP) is 3.56. The molecule has 2 atom stereocenters. The highest BCUT2D eigenvalue weighted by Crippen LogP contribution is 2.30. The number of hydrogen-bond donors (Lipinski definition) is 1. The summed E-state index contributed by atoms with van der Waals surface area (Å²) in [6.45, 7) is 7.71. The number of nitrogens with two attached hydrogens (primary N) is 1. The predicted molar refractivity (Wildman–Crippen MR) is 87.1 cm³/mol. The summed E-state index contributed by atoms with van der Waals surface area (Å²) < 4.78 is 0. The quantitative estimate of drug-likeness (QED) is 0.859. The van der Waals surface area contributed by atoms with Gasteiger partial charge in [0, 0.05) is 18.5 Å². The number of likely N-dealkylation sites (tertiary alicyclic amines) is 1. The number of aryl methyl sites for hydroxylation is 1. The molecule has 1 aromatic carbocycles. The van der Waals surface area contributed by atoms with Crippen molar-refractivity contribution >= 4 is 0 Å². The van der Waals surface area contributed by atoms with Crippen LogP contribution in [0.3, 0.4) is 0 Å². The van der Waals surface area contributed by atoms with Crippen LogP contribution < -0.4 is 5.73 Å². The number of piperidine rings is 1. The largest absolute Gasteiger partial charge is 0.330 e. The molecular weight excluding hydrogens is 244 g/mol. The molecule has 20 heavy (non-hydrogen) atoms. The van der Waals surface area contributed by atoms with Crippen molar-refractivity contribution in [1.82, 2.24) is 4.90 Å². The van der Waals surface area contributed by atoms with Crippen LogP contribution in [0, 0.1) is 0 Å². The Morgan fingerprint density at radius 3 is 2.55 bits per heavy atom. The number of rotatable bonds is 6. The molecule has 0 radical (unpaired) electrons. The molecule has 1 aliphatic rings. The monoisotopic (exact) mass is 274 g/mol. The molecule has 0 spiro atoms. The van der Waals surface area contributed by atoms with Crippen molar-refractivity contribution in [3.63, 3.8) is 0 Å². The summed E-state index contributed by atoms with van der Waals surface area (Å²) in [7, 11) is 0. The minimum absolute atomic E-state index is 0.493. The summed E-state index contributed by atoms with van der Waals surface area (Å²) in [6.07, 6.45) is 6.36. The second-order valence-corrected chi connectivity index (χ2v) is 6.04. The van der Waals surface area contributed by atoms with Gasteiger partial charge in [0.1, 0.15) is 0 Å². The van der Waals surface area contributed by atoms with E-state index in [4.69, 9.17) is 5.73 Å². The fourth-order valence-electron chi connectivity index (χ4n) is 3.55. The summed E-state index contributed by atoms with van der Waals surface area (Å²) in [6, 6.07) is 9.78. The van der Waals surface area contributed by atoms with Crippen LogP contribution in [0.25, 0.3) is 0 Å². The van der Waals surface area contributed by atoms with E-state index in [1.807, 2.05) is 0 Å². The van der Waals surface area contributed by atoms with E-state index in [-0.39, 0.29) is 0 Å². The molecule has 1 aromatic rings. The van der Waals surface area contributed by atoms with Crippen LogP contribution in [-0.4, -0.2) is 30.6 Å². The van der Waals surface area contributed by atoms with Crippen LogP contribution in [0.5, 0.6) is 0 Å². The van der Waals surface area contributed by atoms with E-state index in [1.165, 1.54) is 49.9 Å². The maximum Gasteiger partial charge on any atom is 0.0176 e. The molecule has 1 heterocycles. The van der Waals surface area contributed by atoms with E-state index < -0.39 is 0 Å². The average molecular weight is 274 g/mol. The lowest BCUT2D eigenvalue weighted by Gasteiger charge is -2.40. The Morgan fingerprint density at radius 1 is 1.20 bits per heavy atom. The SMILES string of the molecule is CCCN1CCCCC1C(CN)c1ccc(CC)cc1. The molecule has 1 saturated heterocycles. The van der Waals surface area contributed by atoms with E-state index in [0.717, 1.165) is 13.0 Å². The highest BCUT2D eigenvalue weighted by atomic mass is 15.2. The Kier molecular flexibility index (Phi) is 6.06. The van der Waals surface area contributed by atoms with Crippen molar-refractivity contribution in [2.24, 2.45) is 5.73 Å². The average Bonchev–Trinajstić information content (AvgIpc) is 2.51. The van der Waals surface area contributed by atoms with Crippen LogP contribution >= 0.6 is 0 Å². The van der Waals surface area contributed by atoms with Crippen LogP contribution in [0.1, 0.15) is 56.6 Å². The van der Waals surface area contributed by atoms with E-state index in [0.29, 0.717) is 12.0 Å². The van der Waals surface area contributed by atoms with Gasteiger partial charge in [-0.3, -0.25) is 4.90 Å². The van der Waals surface area contributed by atoms with Gasteiger partial charge in [-0.2, -0.15) is 0 Å². The van der Waals surface area contributed by atoms with Crippen LogP contribution in [-0.2, 0) is 6.42 Å². The second kappa shape index (κ2) is 7.80. The number of nitrogens with zero attached hydrogens (tertiary/aromatic N) is 1. The van der Waals surface area contributed by atoms with Crippen molar-refractivity contribution in [2.45, 2.75) is 57.9 Å². The van der Waals surface area contributed by atoms with Gasteiger partial charge < -0.3 is 5.73 Å². The minimum atomic E-state index is 0.493. The van der Waals surface area contributed by atoms with Gasteiger partial charge in [0.25, 0.3) is 0 Å². The lowest BCUT2D eigenvalue weighted by Crippen LogP contribution is -2.45. The van der Waals surface area contributed by atoms with E-state index in [9.17, 15) is 0 Å². The Hall–Kier alpha value is -0.860. The third-order valence-corrected chi connectivity index (χ3v) is 4.71. The van der Waals surface area contributed by atoms with Gasteiger partial charge in [0.2, 0.25) is 0 Å². The molecule has 1 aliphatic heterocycles. The lowest BCUT2D eigenvalue weighted by molar-refractivity contribution is 0.127. The van der Waals surface area contributed by atoms with E-state index in [2.05, 4.69) is 43.0 Å². The van der Waals surface area contributed by atoms with Crippen LogP contribution in [0.2, 0.25) is 0 Å². The molecule has 1 fully saturated rings. The maximum absolute atomic E-state index is 6.14. The Labute approximate surface area is 124 Å². The highest BCUT2D eigenvalue weighted by Gasteiger charge is 2.29. The zero-order valence-electron chi connectivity index (χ0n) is 13.1. The third kappa shape index (κ3) is 3.62. The molecule has 2 heteroatoms. The molecule has 2 unspecified atom stereocenters. The van der Waals surface area contributed by atoms with Gasteiger partial charge in [-0.05, 0) is 49.9 Å². The molecule has 0 amide bonds. The zero-order chi connectivity index (χ0) is 14.4. The topological polar surface area (TPSA) is 29.3 Å². The Bertz CT molecular complexity index is 383. The van der Waals surface area contributed by atoms with Crippen molar-refractivity contribution in [1.29, 1.82) is 0 Å². The number of hydrogen-bond acceptors (Lipinski definition) is 2. The molecule has 2 N–H and O–H groups in total. The molecule has 0 aromatic heterocycles. The summed E-state index contributed by atoms with van der Waals surface area (Å²) in [4.78, 5) is 2.68. The minimum Gasteiger partial charge on any atom is -0.330 e. The van der Waals surface area contributed by atoms with Crippen molar-refractivity contribution in [2.75, 3.05) is 19.6 Å². The van der Waals surface area contributed by atoms with Gasteiger partial charge in [0.15, 0.2) is 0 Å². The lowest BCUT2D eigenvalue weighted by atomic mass is 9.84. The summed E-state index contributed by atoms with van der Waals surface area (Å²) in [5.74, 6) is 0.493. The zero-order valence-corrected chi connectivity index (χ0v) is 13.1. The van der Waals surface area contributed by atoms with Gasteiger partial charge in [0.05, 0.1) is 0 Å². The highest BCUT2D eigenvalue weighted by molar-refractivity contribution is 5.27. The first-order valence-electron chi connectivity index (χ1n) is 8.33. The maximum atomic E-state index is 6.14. The smallest absolute Gasteiger partial charge is 0.0176 e. The Balaban J connectivity index is 2.15. The normalized spacial score (nSPS) is 21.9. The van der Waals surface area contributed by atoms with Gasteiger partial charge >= 0.3 is 0 Å². The van der Waals surface area contributed by atoms with E-state index in [1.54, 1.807) is 0 Å². The molecule has 0 aliphatic carbocycles. The Morgan fingerprint density at radius 2 is 1.95 bits per heavy atom. The van der Waals surface area contributed by atoms with Crippen LogP contribution in [0.4, 0.5) is 0 Å². The first-order valence-corrected chi connectivity index (χ1v) is 8.33. The first-order chi connectivity index (χ1) is 9.80. The molecule has 112 valence electrons. The summed E-state index contributed by atoms with van der Waals surface area (Å²) >= 11 is 0. The van der Waals surface area contributed by atoms with Crippen molar-refractivity contribution in [3.05, 3.63) is 35.4 Å². The molecular formula is C18H30N2. The summed E-state index contributed by atoms with van der Waals surface area (Å²) in [5.41, 5.74) is 8.98. The standard InChI is InChI=1S/C18H30N2/c1-3-12-20-13-6-5-7-18(20)17(14-19)16-10-8-15(4-2)9-11-16/h8-11,17-18H,3-7,12-14,19H2,1-2H3. The fourth-order valence-corrected chi connectivity index (χ4v) is 3.55. The van der Waals surface area contributed by atoms with E-state index >= 15 is 0 Å². The third-order valence-electron chi connectivity index (χ3n) is 4.71. The van der Waals surface area contributed by atoms with Gasteiger partial charge in [-0.15, -0.1) is 0 Å². The summed E-state index contributed by atoms with van der Waals surface area (Å²) in [5, 5.41) is 0. The number of benzene rings is 1. The van der Waals surface area contributed by atoms with Crippen molar-refractivity contribution < 1.29 is 0 Å². The first kappa shape index (κ1) is 15.5. The van der Waals surface area contributed by atoms with Gasteiger partial charge in [-0.25, -0.2) is 0 Å². The van der Waals surface area contributed by atoms with Crippen LogP contribution in [0.15, 0.2) is 24.3 Å². The van der Waals surface area contributed by atoms with Crippen molar-refractivity contribution in [3.8, 4) is 0 Å².